The van der Waals surface area contributed by atoms with E-state index in [2.05, 4.69) is 0 Å². The molecule has 24 heavy (non-hydrogen) atoms. The van der Waals surface area contributed by atoms with Gasteiger partial charge < -0.3 is 14.6 Å². The molecule has 0 fully saturated rings. The summed E-state index contributed by atoms with van der Waals surface area (Å²) in [6, 6.07) is 10.5. The molecule has 0 aliphatic heterocycles. The summed E-state index contributed by atoms with van der Waals surface area (Å²) in [5.41, 5.74) is 0.252. The molecule has 2 aromatic carbocycles. The van der Waals surface area contributed by atoms with Crippen LogP contribution in [0, 0.1) is 6.92 Å². The molecule has 2 aromatic rings. The van der Waals surface area contributed by atoms with Gasteiger partial charge in [0.05, 0.1) is 12.2 Å². The molecular weight excluding hydrogens is 321 g/mol. The van der Waals surface area contributed by atoms with Crippen molar-refractivity contribution in [2.75, 3.05) is 13.2 Å². The van der Waals surface area contributed by atoms with Gasteiger partial charge in [-0.3, -0.25) is 0 Å². The average Bonchev–Trinajstić information content (AvgIpc) is 2.52. The van der Waals surface area contributed by atoms with Crippen molar-refractivity contribution in [3.63, 3.8) is 0 Å². The number of alkyl halides is 3. The minimum Gasteiger partial charge on any atom is -0.493 e. The number of hydrogen-bond donors (Lipinski definition) is 1. The third-order valence-corrected chi connectivity index (χ3v) is 3.31. The van der Waals surface area contributed by atoms with Gasteiger partial charge in [0.2, 0.25) is 0 Å². The van der Waals surface area contributed by atoms with E-state index in [9.17, 15) is 13.2 Å². The standard InChI is InChI=1S/C18H19F3O3/c1-13-9-15(23-8-4-7-22)11-16(10-13)24-12-14-5-2-3-6-17(14)18(19,20)21/h2-3,5-6,9-11,22H,4,7-8,12H2,1H3. The second kappa shape index (κ2) is 8.06. The lowest BCUT2D eigenvalue weighted by Gasteiger charge is -2.14. The highest BCUT2D eigenvalue weighted by molar-refractivity contribution is 5.38. The summed E-state index contributed by atoms with van der Waals surface area (Å²) in [4.78, 5) is 0. The fraction of sp³-hybridized carbons (Fsp3) is 0.333. The molecule has 1 N–H and O–H groups in total. The van der Waals surface area contributed by atoms with Crippen LogP contribution in [0.5, 0.6) is 11.5 Å². The molecule has 0 unspecified atom stereocenters. The molecule has 3 nitrogen and oxygen atoms in total. The van der Waals surface area contributed by atoms with Gasteiger partial charge >= 0.3 is 6.18 Å². The number of aliphatic hydroxyl groups excluding tert-OH is 1. The van der Waals surface area contributed by atoms with Crippen molar-refractivity contribution in [3.05, 3.63) is 59.2 Å². The second-order valence-corrected chi connectivity index (χ2v) is 5.35. The zero-order valence-electron chi connectivity index (χ0n) is 13.3. The van der Waals surface area contributed by atoms with Crippen LogP contribution in [-0.2, 0) is 12.8 Å². The van der Waals surface area contributed by atoms with E-state index >= 15 is 0 Å². The van der Waals surface area contributed by atoms with E-state index in [1.165, 1.54) is 12.1 Å². The predicted octanol–water partition coefficient (Wildman–Crippen LogP) is 4.35. The molecule has 130 valence electrons. The van der Waals surface area contributed by atoms with E-state index in [0.29, 0.717) is 24.5 Å². The Labute approximate surface area is 138 Å². The van der Waals surface area contributed by atoms with E-state index in [0.717, 1.165) is 11.6 Å². The van der Waals surface area contributed by atoms with Gasteiger partial charge in [0.15, 0.2) is 0 Å². The van der Waals surface area contributed by atoms with Crippen LogP contribution in [0.15, 0.2) is 42.5 Å². The first-order valence-corrected chi connectivity index (χ1v) is 7.53. The largest absolute Gasteiger partial charge is 0.493 e. The zero-order chi connectivity index (χ0) is 17.6. The van der Waals surface area contributed by atoms with Crippen LogP contribution in [0.3, 0.4) is 0 Å². The molecule has 0 atom stereocenters. The summed E-state index contributed by atoms with van der Waals surface area (Å²) < 4.78 is 49.9. The maximum atomic E-state index is 13.0. The van der Waals surface area contributed by atoms with E-state index < -0.39 is 11.7 Å². The Balaban J connectivity index is 2.10. The molecule has 0 spiro atoms. The maximum Gasteiger partial charge on any atom is 0.416 e. The number of benzene rings is 2. The molecule has 0 aliphatic carbocycles. The normalized spacial score (nSPS) is 11.4. The monoisotopic (exact) mass is 340 g/mol. The van der Waals surface area contributed by atoms with Crippen LogP contribution in [-0.4, -0.2) is 18.3 Å². The van der Waals surface area contributed by atoms with Gasteiger partial charge in [-0.1, -0.05) is 18.2 Å². The third-order valence-electron chi connectivity index (χ3n) is 3.31. The number of halogens is 3. The third kappa shape index (κ3) is 5.16. The SMILES string of the molecule is Cc1cc(OCCCO)cc(OCc2ccccc2C(F)(F)F)c1. The van der Waals surface area contributed by atoms with E-state index in [4.69, 9.17) is 14.6 Å². The Hall–Kier alpha value is -2.21. The zero-order valence-corrected chi connectivity index (χ0v) is 13.3. The Morgan fingerprint density at radius 2 is 1.67 bits per heavy atom. The van der Waals surface area contributed by atoms with Gasteiger partial charge in [0.1, 0.15) is 18.1 Å². The Morgan fingerprint density at radius 1 is 1.00 bits per heavy atom. The molecule has 0 bridgehead atoms. The van der Waals surface area contributed by atoms with Crippen LogP contribution in [0.25, 0.3) is 0 Å². The number of hydrogen-bond acceptors (Lipinski definition) is 3. The van der Waals surface area contributed by atoms with Crippen molar-refractivity contribution in [1.82, 2.24) is 0 Å². The van der Waals surface area contributed by atoms with Crippen molar-refractivity contribution in [2.24, 2.45) is 0 Å². The Kier molecular flexibility index (Phi) is 6.09. The minimum atomic E-state index is -4.41. The lowest BCUT2D eigenvalue weighted by Crippen LogP contribution is -2.10. The second-order valence-electron chi connectivity index (χ2n) is 5.35. The van der Waals surface area contributed by atoms with Crippen molar-refractivity contribution >= 4 is 0 Å². The molecule has 2 rings (SSSR count). The molecule has 0 amide bonds. The van der Waals surface area contributed by atoms with Crippen LogP contribution < -0.4 is 9.47 Å². The maximum absolute atomic E-state index is 13.0. The van der Waals surface area contributed by atoms with E-state index in [1.54, 1.807) is 24.3 Å². The summed E-state index contributed by atoms with van der Waals surface area (Å²) in [7, 11) is 0. The topological polar surface area (TPSA) is 38.7 Å². The smallest absolute Gasteiger partial charge is 0.416 e. The predicted molar refractivity (Wildman–Crippen MR) is 84.2 cm³/mol. The van der Waals surface area contributed by atoms with Gasteiger partial charge in [0.25, 0.3) is 0 Å². The van der Waals surface area contributed by atoms with Crippen LogP contribution >= 0.6 is 0 Å². The Bertz CT molecular complexity index is 669. The van der Waals surface area contributed by atoms with Gasteiger partial charge in [-0.05, 0) is 30.7 Å². The van der Waals surface area contributed by atoms with Gasteiger partial charge in [-0.25, -0.2) is 0 Å². The molecule has 0 aromatic heterocycles. The molecule has 0 saturated heterocycles. The first-order chi connectivity index (χ1) is 11.4. The lowest BCUT2D eigenvalue weighted by atomic mass is 10.1. The van der Waals surface area contributed by atoms with Crippen molar-refractivity contribution in [1.29, 1.82) is 0 Å². The minimum absolute atomic E-state index is 0.0311. The Morgan fingerprint density at radius 3 is 2.33 bits per heavy atom. The summed E-state index contributed by atoms with van der Waals surface area (Å²) in [5, 5.41) is 8.76. The highest BCUT2D eigenvalue weighted by Gasteiger charge is 2.32. The average molecular weight is 340 g/mol. The first-order valence-electron chi connectivity index (χ1n) is 7.53. The van der Waals surface area contributed by atoms with Crippen LogP contribution in [0.4, 0.5) is 13.2 Å². The molecule has 0 radical (unpaired) electrons. The number of ether oxygens (including phenoxy) is 2. The van der Waals surface area contributed by atoms with Crippen molar-refractivity contribution in [2.45, 2.75) is 26.1 Å². The molecule has 6 heteroatoms. The highest BCUT2D eigenvalue weighted by atomic mass is 19.4. The quantitative estimate of drug-likeness (QED) is 0.762. The summed E-state index contributed by atoms with van der Waals surface area (Å²) in [5.74, 6) is 0.994. The molecule has 0 aliphatic rings. The molecule has 0 saturated carbocycles. The molecular formula is C18H19F3O3. The first kappa shape index (κ1) is 18.1. The van der Waals surface area contributed by atoms with Crippen LogP contribution in [0.2, 0.25) is 0 Å². The molecule has 0 heterocycles. The number of rotatable bonds is 7. The van der Waals surface area contributed by atoms with E-state index in [-0.39, 0.29) is 18.8 Å². The fourth-order valence-electron chi connectivity index (χ4n) is 2.22. The van der Waals surface area contributed by atoms with E-state index in [1.807, 2.05) is 6.92 Å². The van der Waals surface area contributed by atoms with Gasteiger partial charge in [-0.15, -0.1) is 0 Å². The van der Waals surface area contributed by atoms with Gasteiger partial charge in [-0.2, -0.15) is 13.2 Å². The lowest BCUT2D eigenvalue weighted by molar-refractivity contribution is -0.138. The van der Waals surface area contributed by atoms with Crippen molar-refractivity contribution < 1.29 is 27.8 Å². The number of aliphatic hydroxyl groups is 1. The summed E-state index contributed by atoms with van der Waals surface area (Å²) >= 11 is 0. The summed E-state index contributed by atoms with van der Waals surface area (Å²) in [6.07, 6.45) is -3.91. The van der Waals surface area contributed by atoms with Crippen molar-refractivity contribution in [3.8, 4) is 11.5 Å². The van der Waals surface area contributed by atoms with Crippen LogP contribution in [0.1, 0.15) is 23.1 Å². The number of aryl methyl sites for hydroxylation is 1. The highest BCUT2D eigenvalue weighted by Crippen LogP contribution is 2.32. The fourth-order valence-corrected chi connectivity index (χ4v) is 2.22. The summed E-state index contributed by atoms with van der Waals surface area (Å²) in [6.45, 7) is 2.05. The van der Waals surface area contributed by atoms with Gasteiger partial charge in [0, 0.05) is 24.7 Å².